The second-order valence-corrected chi connectivity index (χ2v) is 5.58. The molecule has 1 aromatic heterocycles. The molecule has 0 bridgehead atoms. The molecule has 23 heavy (non-hydrogen) atoms. The number of nitrogens with one attached hydrogen (secondary N) is 2. The van der Waals surface area contributed by atoms with Crippen LogP contribution in [0, 0.1) is 5.92 Å². The van der Waals surface area contributed by atoms with Gasteiger partial charge in [0.1, 0.15) is 0 Å². The predicted octanol–water partition coefficient (Wildman–Crippen LogP) is 2.86. The van der Waals surface area contributed by atoms with Crippen LogP contribution in [0.25, 0.3) is 0 Å². The van der Waals surface area contributed by atoms with Gasteiger partial charge in [-0.1, -0.05) is 19.9 Å². The first kappa shape index (κ1) is 22.1. The largest absolute Gasteiger partial charge is 0.381 e. The standard InChI is InChI=1S/C17H30N4O.HI/c1-4-18-17(20-11-7-13-22-14-15(2)3)21-12-9-16-8-5-6-10-19-16;/h5-6,8,10,15H,4,7,9,11-14H2,1-3H3,(H2,18,20,21);1H. The van der Waals surface area contributed by atoms with Crippen molar-refractivity contribution in [3.8, 4) is 0 Å². The molecular formula is C17H31IN4O. The van der Waals surface area contributed by atoms with Crippen molar-refractivity contribution in [2.45, 2.75) is 33.6 Å². The summed E-state index contributed by atoms with van der Waals surface area (Å²) in [4.78, 5) is 8.87. The van der Waals surface area contributed by atoms with Crippen LogP contribution < -0.4 is 10.6 Å². The predicted molar refractivity (Wildman–Crippen MR) is 108 cm³/mol. The Bertz CT molecular complexity index is 412. The summed E-state index contributed by atoms with van der Waals surface area (Å²) in [6.07, 6.45) is 3.66. The van der Waals surface area contributed by atoms with Crippen LogP contribution in [0.1, 0.15) is 32.9 Å². The van der Waals surface area contributed by atoms with Crippen LogP contribution in [0.15, 0.2) is 29.4 Å². The van der Waals surface area contributed by atoms with Crippen LogP contribution in [0.5, 0.6) is 0 Å². The Morgan fingerprint density at radius 3 is 2.78 bits per heavy atom. The van der Waals surface area contributed by atoms with Crippen LogP contribution in [-0.4, -0.2) is 43.8 Å². The van der Waals surface area contributed by atoms with Crippen molar-refractivity contribution in [1.29, 1.82) is 0 Å². The van der Waals surface area contributed by atoms with Gasteiger partial charge < -0.3 is 15.4 Å². The maximum absolute atomic E-state index is 5.56. The van der Waals surface area contributed by atoms with E-state index in [1.54, 1.807) is 0 Å². The Morgan fingerprint density at radius 2 is 2.13 bits per heavy atom. The van der Waals surface area contributed by atoms with Crippen LogP contribution in [-0.2, 0) is 11.2 Å². The Hall–Kier alpha value is -0.890. The summed E-state index contributed by atoms with van der Waals surface area (Å²) in [5, 5.41) is 6.59. The zero-order chi connectivity index (χ0) is 16.0. The first-order valence-corrected chi connectivity index (χ1v) is 8.22. The summed E-state index contributed by atoms with van der Waals surface area (Å²) in [6.45, 7) is 10.5. The quantitative estimate of drug-likeness (QED) is 0.257. The summed E-state index contributed by atoms with van der Waals surface area (Å²) in [7, 11) is 0. The molecule has 5 nitrogen and oxygen atoms in total. The lowest BCUT2D eigenvalue weighted by Gasteiger charge is -2.11. The van der Waals surface area contributed by atoms with Gasteiger partial charge in [-0.25, -0.2) is 0 Å². The van der Waals surface area contributed by atoms with E-state index in [1.807, 2.05) is 24.4 Å². The van der Waals surface area contributed by atoms with Crippen molar-refractivity contribution >= 4 is 29.9 Å². The van der Waals surface area contributed by atoms with Gasteiger partial charge in [-0.3, -0.25) is 9.98 Å². The molecule has 0 aliphatic heterocycles. The molecule has 0 amide bonds. The minimum atomic E-state index is 0. The third kappa shape index (κ3) is 12.2. The Balaban J connectivity index is 0.00000484. The minimum Gasteiger partial charge on any atom is -0.381 e. The minimum absolute atomic E-state index is 0. The summed E-state index contributed by atoms with van der Waals surface area (Å²) < 4.78 is 5.56. The van der Waals surface area contributed by atoms with E-state index in [2.05, 4.69) is 41.4 Å². The highest BCUT2D eigenvalue weighted by Crippen LogP contribution is 1.94. The molecule has 1 heterocycles. The Kier molecular flexibility index (Phi) is 14.1. The molecule has 0 radical (unpaired) electrons. The number of halogens is 1. The van der Waals surface area contributed by atoms with Crippen molar-refractivity contribution in [2.24, 2.45) is 10.9 Å². The molecule has 0 saturated carbocycles. The number of pyridine rings is 1. The SMILES string of the molecule is CCNC(=NCCCOCC(C)C)NCCc1ccccn1.I. The molecule has 132 valence electrons. The van der Waals surface area contributed by atoms with Gasteiger partial charge in [0.05, 0.1) is 0 Å². The summed E-state index contributed by atoms with van der Waals surface area (Å²) >= 11 is 0. The second-order valence-electron chi connectivity index (χ2n) is 5.58. The van der Waals surface area contributed by atoms with Crippen molar-refractivity contribution in [2.75, 3.05) is 32.8 Å². The lowest BCUT2D eigenvalue weighted by atomic mass is 10.2. The number of rotatable bonds is 10. The van der Waals surface area contributed by atoms with E-state index < -0.39 is 0 Å². The number of hydrogen-bond acceptors (Lipinski definition) is 3. The van der Waals surface area contributed by atoms with Crippen LogP contribution >= 0.6 is 24.0 Å². The van der Waals surface area contributed by atoms with Gasteiger partial charge in [0.25, 0.3) is 0 Å². The highest BCUT2D eigenvalue weighted by molar-refractivity contribution is 14.0. The average molecular weight is 434 g/mol. The molecule has 0 spiro atoms. The van der Waals surface area contributed by atoms with E-state index in [4.69, 9.17) is 4.74 Å². The molecule has 0 aromatic carbocycles. The first-order chi connectivity index (χ1) is 10.7. The number of aliphatic imine (C=N–C) groups is 1. The number of nitrogens with zero attached hydrogens (tertiary/aromatic N) is 2. The lowest BCUT2D eigenvalue weighted by Crippen LogP contribution is -2.38. The molecule has 1 rings (SSSR count). The van der Waals surface area contributed by atoms with E-state index in [-0.39, 0.29) is 24.0 Å². The molecule has 2 N–H and O–H groups in total. The first-order valence-electron chi connectivity index (χ1n) is 8.22. The van der Waals surface area contributed by atoms with Crippen LogP contribution in [0.2, 0.25) is 0 Å². The van der Waals surface area contributed by atoms with Crippen molar-refractivity contribution in [3.63, 3.8) is 0 Å². The summed E-state index contributed by atoms with van der Waals surface area (Å²) in [5.74, 6) is 1.45. The number of ether oxygens (including phenoxy) is 1. The van der Waals surface area contributed by atoms with Crippen molar-refractivity contribution in [3.05, 3.63) is 30.1 Å². The van der Waals surface area contributed by atoms with Gasteiger partial charge in [0.2, 0.25) is 0 Å². The van der Waals surface area contributed by atoms with Gasteiger partial charge in [-0.15, -0.1) is 24.0 Å². The Labute approximate surface area is 157 Å². The van der Waals surface area contributed by atoms with Gasteiger partial charge in [0.15, 0.2) is 5.96 Å². The van der Waals surface area contributed by atoms with E-state index in [9.17, 15) is 0 Å². The molecule has 1 aromatic rings. The van der Waals surface area contributed by atoms with Gasteiger partial charge >= 0.3 is 0 Å². The maximum atomic E-state index is 5.56. The smallest absolute Gasteiger partial charge is 0.191 e. The van der Waals surface area contributed by atoms with Gasteiger partial charge in [-0.2, -0.15) is 0 Å². The van der Waals surface area contributed by atoms with Crippen LogP contribution in [0.3, 0.4) is 0 Å². The van der Waals surface area contributed by atoms with Crippen LogP contribution in [0.4, 0.5) is 0 Å². The molecule has 0 fully saturated rings. The van der Waals surface area contributed by atoms with Gasteiger partial charge in [-0.05, 0) is 31.4 Å². The topological polar surface area (TPSA) is 58.5 Å². The van der Waals surface area contributed by atoms with Crippen molar-refractivity contribution < 1.29 is 4.74 Å². The second kappa shape index (κ2) is 14.7. The molecule has 0 aliphatic rings. The molecule has 0 saturated heterocycles. The fraction of sp³-hybridized carbons (Fsp3) is 0.647. The molecule has 0 atom stereocenters. The fourth-order valence-corrected chi connectivity index (χ4v) is 1.87. The zero-order valence-electron chi connectivity index (χ0n) is 14.5. The average Bonchev–Trinajstić information content (AvgIpc) is 2.51. The number of aromatic nitrogens is 1. The monoisotopic (exact) mass is 434 g/mol. The van der Waals surface area contributed by atoms with Gasteiger partial charge in [0, 0.05) is 51.2 Å². The molecular weight excluding hydrogens is 403 g/mol. The normalized spacial score (nSPS) is 11.2. The Morgan fingerprint density at radius 1 is 1.30 bits per heavy atom. The molecule has 0 unspecified atom stereocenters. The van der Waals surface area contributed by atoms with E-state index >= 15 is 0 Å². The number of guanidine groups is 1. The third-order valence-corrected chi connectivity index (χ3v) is 2.91. The van der Waals surface area contributed by atoms with Crippen molar-refractivity contribution in [1.82, 2.24) is 15.6 Å². The van der Waals surface area contributed by atoms with E-state index in [1.165, 1.54) is 0 Å². The van der Waals surface area contributed by atoms with E-state index in [0.717, 1.165) is 57.3 Å². The molecule has 0 aliphatic carbocycles. The third-order valence-electron chi connectivity index (χ3n) is 2.91. The number of hydrogen-bond donors (Lipinski definition) is 2. The maximum Gasteiger partial charge on any atom is 0.191 e. The summed E-state index contributed by atoms with van der Waals surface area (Å²) in [6, 6.07) is 5.99. The molecule has 6 heteroatoms. The highest BCUT2D eigenvalue weighted by atomic mass is 127. The fourth-order valence-electron chi connectivity index (χ4n) is 1.87. The highest BCUT2D eigenvalue weighted by Gasteiger charge is 1.98. The lowest BCUT2D eigenvalue weighted by molar-refractivity contribution is 0.109. The summed E-state index contributed by atoms with van der Waals surface area (Å²) in [5.41, 5.74) is 1.09. The zero-order valence-corrected chi connectivity index (χ0v) is 16.9. The van der Waals surface area contributed by atoms with E-state index in [0.29, 0.717) is 5.92 Å².